The number of carboxylic acids is 1. The Hall–Kier alpha value is -2.63. The number of carboxylic acid groups (broad SMARTS) is 1. The Labute approximate surface area is 250 Å². The maximum absolute atomic E-state index is 12.5. The van der Waals surface area contributed by atoms with Gasteiger partial charge in [0.15, 0.2) is 0 Å². The van der Waals surface area contributed by atoms with Crippen LogP contribution in [0.25, 0.3) is 0 Å². The molecule has 1 atom stereocenters. The fraction of sp³-hybridized carbons (Fsp3) is 0.686. The summed E-state index contributed by atoms with van der Waals surface area (Å²) in [5.74, 6) is -1.35. The minimum atomic E-state index is -1.03. The first-order chi connectivity index (χ1) is 20.0. The molecule has 0 aromatic carbocycles. The summed E-state index contributed by atoms with van der Waals surface area (Å²) in [6.45, 7) is 4.00. The molecule has 0 aliphatic heterocycles. The topological polar surface area (TPSA) is 92.7 Å². The van der Waals surface area contributed by atoms with Gasteiger partial charge in [0.2, 0.25) is 5.91 Å². The van der Waals surface area contributed by atoms with Gasteiger partial charge < -0.3 is 15.2 Å². The molecule has 0 saturated heterocycles. The molecule has 234 valence electrons. The van der Waals surface area contributed by atoms with Crippen molar-refractivity contribution in [2.45, 2.75) is 148 Å². The van der Waals surface area contributed by atoms with E-state index in [1.807, 2.05) is 0 Å². The zero-order valence-corrected chi connectivity index (χ0v) is 26.1. The normalized spacial score (nSPS) is 12.6. The quantitative estimate of drug-likeness (QED) is 0.0553. The summed E-state index contributed by atoms with van der Waals surface area (Å²) in [6, 6.07) is 0. The van der Waals surface area contributed by atoms with Gasteiger partial charge in [-0.05, 0) is 77.0 Å². The van der Waals surface area contributed by atoms with Gasteiger partial charge in [-0.1, -0.05) is 101 Å². The van der Waals surface area contributed by atoms with Crippen molar-refractivity contribution < 1.29 is 24.2 Å². The maximum atomic E-state index is 12.5. The fourth-order valence-electron chi connectivity index (χ4n) is 4.39. The first-order valence-corrected chi connectivity index (χ1v) is 16.3. The van der Waals surface area contributed by atoms with Gasteiger partial charge in [-0.25, -0.2) is 0 Å². The molecule has 6 heteroatoms. The third-order valence-corrected chi connectivity index (χ3v) is 6.77. The van der Waals surface area contributed by atoms with E-state index < -0.39 is 5.97 Å². The summed E-state index contributed by atoms with van der Waals surface area (Å²) < 4.78 is 5.84. The molecule has 2 N–H and O–H groups in total. The van der Waals surface area contributed by atoms with Gasteiger partial charge in [-0.2, -0.15) is 0 Å². The predicted molar refractivity (Wildman–Crippen MR) is 171 cm³/mol. The van der Waals surface area contributed by atoms with Gasteiger partial charge in [-0.3, -0.25) is 14.4 Å². The number of allylic oxidation sites excluding steroid dienone is 8. The summed E-state index contributed by atoms with van der Waals surface area (Å²) in [4.78, 5) is 34.6. The number of aliphatic carboxylic acids is 1. The molecule has 0 aliphatic carbocycles. The standard InChI is InChI=1S/C35H59NO5/c1-3-5-7-9-10-11-12-13-14-15-16-17-18-19-20-21-26-30-35(40)41-32(27-23-8-6-4-2)28-24-22-25-29-33(37)36-31-34(38)39/h5,7,10-11,13-14,16-17,32H,3-4,6,8-9,12,15,18-31H2,1-2H3,(H,36,37)(H,38,39)/b7-5-,11-10-,14-13-,17-16-. The van der Waals surface area contributed by atoms with E-state index in [1.54, 1.807) is 0 Å². The minimum Gasteiger partial charge on any atom is -0.480 e. The average molecular weight is 574 g/mol. The summed E-state index contributed by atoms with van der Waals surface area (Å²) in [5, 5.41) is 11.0. The predicted octanol–water partition coefficient (Wildman–Crippen LogP) is 9.17. The summed E-state index contributed by atoms with van der Waals surface area (Å²) >= 11 is 0. The molecule has 0 fully saturated rings. The molecular weight excluding hydrogens is 514 g/mol. The van der Waals surface area contributed by atoms with Crippen LogP contribution in [-0.4, -0.2) is 35.6 Å². The number of carbonyl (C=O) groups is 3. The maximum Gasteiger partial charge on any atom is 0.322 e. The van der Waals surface area contributed by atoms with Crippen LogP contribution in [0.4, 0.5) is 0 Å². The molecule has 0 bridgehead atoms. The highest BCUT2D eigenvalue weighted by atomic mass is 16.5. The Morgan fingerprint density at radius 3 is 1.80 bits per heavy atom. The molecule has 1 amide bonds. The van der Waals surface area contributed by atoms with Crippen molar-refractivity contribution in [3.63, 3.8) is 0 Å². The van der Waals surface area contributed by atoms with Gasteiger partial charge in [0.25, 0.3) is 0 Å². The van der Waals surface area contributed by atoms with Crippen molar-refractivity contribution in [2.24, 2.45) is 0 Å². The van der Waals surface area contributed by atoms with Gasteiger partial charge in [0.1, 0.15) is 12.6 Å². The fourth-order valence-corrected chi connectivity index (χ4v) is 4.39. The molecule has 1 unspecified atom stereocenters. The summed E-state index contributed by atoms with van der Waals surface area (Å²) in [5.41, 5.74) is 0. The van der Waals surface area contributed by atoms with E-state index in [1.165, 1.54) is 12.8 Å². The van der Waals surface area contributed by atoms with E-state index >= 15 is 0 Å². The van der Waals surface area contributed by atoms with E-state index in [0.29, 0.717) is 19.3 Å². The number of nitrogens with one attached hydrogen (secondary N) is 1. The Bertz CT molecular complexity index is 769. The van der Waals surface area contributed by atoms with E-state index in [9.17, 15) is 14.4 Å². The Balaban J connectivity index is 3.99. The third-order valence-electron chi connectivity index (χ3n) is 6.77. The van der Waals surface area contributed by atoms with Crippen LogP contribution in [0.5, 0.6) is 0 Å². The molecule has 41 heavy (non-hydrogen) atoms. The average Bonchev–Trinajstić information content (AvgIpc) is 2.95. The van der Waals surface area contributed by atoms with Crippen molar-refractivity contribution >= 4 is 17.8 Å². The zero-order valence-electron chi connectivity index (χ0n) is 26.1. The van der Waals surface area contributed by atoms with Crippen LogP contribution in [-0.2, 0) is 19.1 Å². The molecule has 0 saturated carbocycles. The van der Waals surface area contributed by atoms with Crippen molar-refractivity contribution in [3.05, 3.63) is 48.6 Å². The largest absolute Gasteiger partial charge is 0.480 e. The number of amides is 1. The van der Waals surface area contributed by atoms with Crippen LogP contribution in [0.1, 0.15) is 142 Å². The lowest BCUT2D eigenvalue weighted by atomic mass is 10.0. The molecule has 0 heterocycles. The highest BCUT2D eigenvalue weighted by Gasteiger charge is 2.14. The Kier molecular flexibility index (Phi) is 28.4. The van der Waals surface area contributed by atoms with Crippen molar-refractivity contribution in [1.82, 2.24) is 5.32 Å². The van der Waals surface area contributed by atoms with Crippen LogP contribution in [0.2, 0.25) is 0 Å². The van der Waals surface area contributed by atoms with Gasteiger partial charge >= 0.3 is 11.9 Å². The molecule has 0 radical (unpaired) electrons. The molecule has 0 rings (SSSR count). The molecular formula is C35H59NO5. The van der Waals surface area contributed by atoms with Gasteiger partial charge in [0.05, 0.1) is 0 Å². The third kappa shape index (κ3) is 30.2. The molecule has 0 aromatic rings. The lowest BCUT2D eigenvalue weighted by Crippen LogP contribution is -2.28. The number of ether oxygens (including phenoxy) is 1. The lowest BCUT2D eigenvalue weighted by molar-refractivity contribution is -0.150. The van der Waals surface area contributed by atoms with Crippen LogP contribution in [0.15, 0.2) is 48.6 Å². The number of carbonyl (C=O) groups excluding carboxylic acids is 2. The number of hydrogen-bond acceptors (Lipinski definition) is 4. The van der Waals surface area contributed by atoms with E-state index in [-0.39, 0.29) is 24.5 Å². The SMILES string of the molecule is CC/C=C\C/C=C\C/C=C\C/C=C\CCCCCCC(=O)OC(CCCCCC)CCCCCC(=O)NCC(=O)O. The monoisotopic (exact) mass is 573 g/mol. The minimum absolute atomic E-state index is 0.0432. The highest BCUT2D eigenvalue weighted by Crippen LogP contribution is 2.17. The van der Waals surface area contributed by atoms with Crippen molar-refractivity contribution in [1.29, 1.82) is 0 Å². The molecule has 0 spiro atoms. The number of unbranched alkanes of at least 4 members (excludes halogenated alkanes) is 9. The van der Waals surface area contributed by atoms with Gasteiger partial charge in [-0.15, -0.1) is 0 Å². The summed E-state index contributed by atoms with van der Waals surface area (Å²) in [6.07, 6.45) is 36.7. The van der Waals surface area contributed by atoms with Crippen molar-refractivity contribution in [2.75, 3.05) is 6.54 Å². The van der Waals surface area contributed by atoms with Gasteiger partial charge in [0, 0.05) is 12.8 Å². The summed E-state index contributed by atoms with van der Waals surface area (Å²) in [7, 11) is 0. The highest BCUT2D eigenvalue weighted by molar-refractivity contribution is 5.80. The first kappa shape index (κ1) is 38.4. The molecule has 0 aliphatic rings. The second-order valence-electron chi connectivity index (χ2n) is 10.7. The lowest BCUT2D eigenvalue weighted by Gasteiger charge is -2.18. The van der Waals surface area contributed by atoms with Crippen LogP contribution in [0.3, 0.4) is 0 Å². The van der Waals surface area contributed by atoms with Crippen molar-refractivity contribution in [3.8, 4) is 0 Å². The first-order valence-electron chi connectivity index (χ1n) is 16.3. The van der Waals surface area contributed by atoms with E-state index in [2.05, 4.69) is 67.8 Å². The second kappa shape index (κ2) is 30.3. The Morgan fingerprint density at radius 2 is 1.20 bits per heavy atom. The molecule has 6 nitrogen and oxygen atoms in total. The van der Waals surface area contributed by atoms with E-state index in [0.717, 1.165) is 96.3 Å². The number of esters is 1. The smallest absolute Gasteiger partial charge is 0.322 e. The van der Waals surface area contributed by atoms with E-state index in [4.69, 9.17) is 9.84 Å². The van der Waals surface area contributed by atoms with Crippen LogP contribution >= 0.6 is 0 Å². The number of hydrogen-bond donors (Lipinski definition) is 2. The Morgan fingerprint density at radius 1 is 0.659 bits per heavy atom. The molecule has 0 aromatic heterocycles. The zero-order chi connectivity index (χ0) is 30.2. The van der Waals surface area contributed by atoms with Crippen LogP contribution in [0, 0.1) is 0 Å². The van der Waals surface area contributed by atoms with Crippen LogP contribution < -0.4 is 5.32 Å². The second-order valence-corrected chi connectivity index (χ2v) is 10.7. The number of rotatable bonds is 28.